The minimum absolute atomic E-state index is 0.795. The molecule has 0 bridgehead atoms. The molecule has 5 aromatic rings. The van der Waals surface area contributed by atoms with E-state index < -0.39 is 20.8 Å². The van der Waals surface area contributed by atoms with Gasteiger partial charge in [0.15, 0.2) is 0 Å². The fraction of sp³-hybridized carbons (Fsp3) is 0.182. The van der Waals surface area contributed by atoms with Crippen LogP contribution in [0.5, 0.6) is 0 Å². The molecule has 1 aliphatic heterocycles. The number of aryl methyl sites for hydroxylation is 3. The van der Waals surface area contributed by atoms with Gasteiger partial charge in [0.05, 0.1) is 9.52 Å². The normalized spacial score (nSPS) is 10.9. The second kappa shape index (κ2) is 13.8. The zero-order valence-electron chi connectivity index (χ0n) is 21.5. The molecular formula is C33H30Cl2SiZr. The second-order valence-corrected chi connectivity index (χ2v) is 14.1. The maximum atomic E-state index is 4.93. The van der Waals surface area contributed by atoms with Crippen molar-refractivity contribution >= 4 is 47.7 Å². The molecule has 2 radical (unpaired) electrons. The maximum absolute atomic E-state index is 4.93. The molecule has 184 valence electrons. The summed E-state index contributed by atoms with van der Waals surface area (Å²) in [5.41, 5.74) is 9.87. The van der Waals surface area contributed by atoms with Gasteiger partial charge in [0, 0.05) is 0 Å². The Morgan fingerprint density at radius 3 is 2.30 bits per heavy atom. The van der Waals surface area contributed by atoms with Gasteiger partial charge in [-0.1, -0.05) is 90.7 Å². The van der Waals surface area contributed by atoms with Crippen LogP contribution < -0.4 is 10.4 Å². The Bertz CT molecular complexity index is 1430. The topological polar surface area (TPSA) is 0 Å². The summed E-state index contributed by atoms with van der Waals surface area (Å²) >= 11 is -0.826. The smallest absolute Gasteiger partial charge is 0.0920 e. The van der Waals surface area contributed by atoms with Crippen LogP contribution in [-0.4, -0.2) is 9.52 Å². The van der Waals surface area contributed by atoms with Crippen molar-refractivity contribution in [1.82, 2.24) is 0 Å². The predicted molar refractivity (Wildman–Crippen MR) is 161 cm³/mol. The first-order valence-electron chi connectivity index (χ1n) is 12.7. The number of hydrogen-bond acceptors (Lipinski definition) is 0. The van der Waals surface area contributed by atoms with Crippen molar-refractivity contribution in [2.75, 3.05) is 0 Å². The molecule has 0 aliphatic carbocycles. The van der Waals surface area contributed by atoms with Crippen molar-refractivity contribution in [2.24, 2.45) is 0 Å². The molecule has 37 heavy (non-hydrogen) atoms. The summed E-state index contributed by atoms with van der Waals surface area (Å²) in [6.07, 6.45) is 3.45. The molecule has 0 saturated carbocycles. The third-order valence-electron chi connectivity index (χ3n) is 6.70. The van der Waals surface area contributed by atoms with Crippen LogP contribution >= 0.6 is 17.0 Å². The molecule has 1 aliphatic rings. The third kappa shape index (κ3) is 6.61. The number of halogens is 2. The fourth-order valence-electron chi connectivity index (χ4n) is 5.01. The summed E-state index contributed by atoms with van der Waals surface area (Å²) in [6, 6.07) is 36.3. The number of benzene rings is 4. The number of hydrogen-bond donors (Lipinski definition) is 0. The summed E-state index contributed by atoms with van der Waals surface area (Å²) in [7, 11) is 10.7. The van der Waals surface area contributed by atoms with Gasteiger partial charge in [-0.25, -0.2) is 0 Å². The van der Waals surface area contributed by atoms with E-state index in [2.05, 4.69) is 112 Å². The maximum Gasteiger partial charge on any atom is 0.0920 e. The van der Waals surface area contributed by atoms with E-state index in [1.54, 1.807) is 0 Å². The molecule has 6 rings (SSSR count). The van der Waals surface area contributed by atoms with Crippen LogP contribution in [0.15, 0.2) is 91.0 Å². The van der Waals surface area contributed by atoms with E-state index in [4.69, 9.17) is 17.0 Å². The molecule has 1 heterocycles. The second-order valence-electron chi connectivity index (χ2n) is 9.09. The summed E-state index contributed by atoms with van der Waals surface area (Å²) in [4.78, 5) is 0. The SMILES string of the molecule is CCCc1cc2c(-c3ccccc3C)c(CC)ccc2[cH-]1.[Cl][Zr+2][Cl].[c-]1cccc2c1[Si]c1ccccc1-2. The van der Waals surface area contributed by atoms with Gasteiger partial charge in [0.1, 0.15) is 0 Å². The van der Waals surface area contributed by atoms with Crippen molar-refractivity contribution in [3.05, 3.63) is 114 Å². The van der Waals surface area contributed by atoms with E-state index in [9.17, 15) is 0 Å². The summed E-state index contributed by atoms with van der Waals surface area (Å²) in [6.45, 7) is 6.71. The first kappa shape index (κ1) is 28.2. The van der Waals surface area contributed by atoms with Gasteiger partial charge in [0.25, 0.3) is 0 Å². The van der Waals surface area contributed by atoms with Gasteiger partial charge in [-0.15, -0.1) is 40.1 Å². The molecule has 0 fully saturated rings. The Balaban J connectivity index is 0.000000170. The van der Waals surface area contributed by atoms with Crippen molar-refractivity contribution in [1.29, 1.82) is 0 Å². The average molecular weight is 617 g/mol. The van der Waals surface area contributed by atoms with E-state index >= 15 is 0 Å². The van der Waals surface area contributed by atoms with E-state index in [0.717, 1.165) is 15.9 Å². The Morgan fingerprint density at radius 1 is 0.865 bits per heavy atom. The standard InChI is InChI=1S/C21H23.C12H7Si.2ClH.Zr/c1-4-8-16-13-18-12-11-17(5-2)21(20(18)14-16)19-10-7-6-9-15(19)3;1-3-7-11-9(5-1)10-6-2-4-8-12(10)13-11;;;/h6-7,9-14H,4-5,8H2,1-3H3;1-7H;2*1H;/q2*-1;;;+4/p-2. The van der Waals surface area contributed by atoms with Crippen molar-refractivity contribution < 1.29 is 20.8 Å². The predicted octanol–water partition coefficient (Wildman–Crippen LogP) is 8.55. The summed E-state index contributed by atoms with van der Waals surface area (Å²) < 4.78 is 0. The molecule has 0 spiro atoms. The van der Waals surface area contributed by atoms with Crippen LogP contribution in [0.2, 0.25) is 0 Å². The minimum atomic E-state index is -0.826. The van der Waals surface area contributed by atoms with Gasteiger partial charge < -0.3 is 0 Å². The van der Waals surface area contributed by atoms with E-state index in [1.165, 1.54) is 72.9 Å². The van der Waals surface area contributed by atoms with E-state index in [-0.39, 0.29) is 0 Å². The average Bonchev–Trinajstić information content (AvgIpc) is 3.50. The van der Waals surface area contributed by atoms with Crippen molar-refractivity contribution in [2.45, 2.75) is 40.0 Å². The van der Waals surface area contributed by atoms with Crippen LogP contribution in [0.25, 0.3) is 33.0 Å². The molecule has 0 N–H and O–H groups in total. The molecule has 4 heteroatoms. The molecule has 0 unspecified atom stereocenters. The summed E-state index contributed by atoms with van der Waals surface area (Å²) in [5, 5.41) is 5.63. The van der Waals surface area contributed by atoms with E-state index in [0.29, 0.717) is 0 Å². The number of rotatable bonds is 4. The number of fused-ring (bicyclic) bond motifs is 4. The molecule has 0 saturated heterocycles. The third-order valence-corrected chi connectivity index (χ3v) is 8.07. The van der Waals surface area contributed by atoms with Gasteiger partial charge >= 0.3 is 37.9 Å². The summed E-state index contributed by atoms with van der Waals surface area (Å²) in [5.74, 6) is 0. The zero-order chi connectivity index (χ0) is 26.2. The van der Waals surface area contributed by atoms with Crippen LogP contribution in [0, 0.1) is 13.0 Å². The quantitative estimate of drug-likeness (QED) is 0.138. The minimum Gasteiger partial charge on any atom is -0.184 e. The van der Waals surface area contributed by atoms with Crippen molar-refractivity contribution in [3.8, 4) is 22.3 Å². The molecule has 0 nitrogen and oxygen atoms in total. The molecular weight excluding hydrogens is 587 g/mol. The van der Waals surface area contributed by atoms with Gasteiger partial charge in [-0.2, -0.15) is 35.5 Å². The molecule has 5 aromatic carbocycles. The Hall–Kier alpha value is -1.83. The first-order valence-corrected chi connectivity index (χ1v) is 20.0. The monoisotopic (exact) mass is 614 g/mol. The Labute approximate surface area is 242 Å². The van der Waals surface area contributed by atoms with Gasteiger partial charge in [-0.05, 0) is 30.9 Å². The van der Waals surface area contributed by atoms with Crippen LogP contribution in [0.4, 0.5) is 0 Å². The van der Waals surface area contributed by atoms with Crippen LogP contribution in [0.1, 0.15) is 37.0 Å². The fourth-order valence-corrected chi connectivity index (χ4v) is 6.32. The Kier molecular flexibility index (Phi) is 10.5. The van der Waals surface area contributed by atoms with Crippen molar-refractivity contribution in [3.63, 3.8) is 0 Å². The van der Waals surface area contributed by atoms with Gasteiger partial charge in [0.2, 0.25) is 0 Å². The molecule has 0 amide bonds. The zero-order valence-corrected chi connectivity index (χ0v) is 26.5. The molecule has 0 atom stereocenters. The molecule has 0 aromatic heterocycles. The first-order chi connectivity index (χ1) is 18.1. The van der Waals surface area contributed by atoms with E-state index in [1.807, 2.05) is 6.07 Å². The van der Waals surface area contributed by atoms with Crippen LogP contribution in [0.3, 0.4) is 0 Å². The van der Waals surface area contributed by atoms with Gasteiger partial charge in [-0.3, -0.25) is 0 Å². The largest absolute Gasteiger partial charge is 0.184 e. The Morgan fingerprint density at radius 2 is 1.57 bits per heavy atom. The van der Waals surface area contributed by atoms with Crippen LogP contribution in [-0.2, 0) is 33.7 Å².